The van der Waals surface area contributed by atoms with Crippen molar-refractivity contribution in [3.63, 3.8) is 0 Å². The number of aliphatic hydroxyl groups excluding tert-OH is 3. The van der Waals surface area contributed by atoms with Crippen LogP contribution in [0.15, 0.2) is 35.3 Å². The Morgan fingerprint density at radius 1 is 0.973 bits per heavy atom. The molecule has 21 heteroatoms. The zero-order chi connectivity index (χ0) is 53.3. The van der Waals surface area contributed by atoms with Crippen LogP contribution in [-0.4, -0.2) is 196 Å². The molecule has 73 heavy (non-hydrogen) atoms. The highest BCUT2D eigenvalue weighted by Crippen LogP contribution is 2.41. The maximum absolute atomic E-state index is 14.5. The van der Waals surface area contributed by atoms with E-state index in [1.807, 2.05) is 69.2 Å². The van der Waals surface area contributed by atoms with Crippen LogP contribution >= 0.6 is 0 Å². The van der Waals surface area contributed by atoms with Gasteiger partial charge in [-0.15, -0.1) is 5.53 Å². The lowest BCUT2D eigenvalue weighted by molar-refractivity contribution is -0.318. The Kier molecular flexibility index (Phi) is 18.4. The molecule has 0 aromatic heterocycles. The normalized spacial score (nSPS) is 42.1. The number of benzene rings is 1. The number of hydrogen-bond acceptors (Lipinski definition) is 21. The number of methoxy groups -OCH3 is 1. The van der Waals surface area contributed by atoms with E-state index < -0.39 is 102 Å². The highest BCUT2D eigenvalue weighted by molar-refractivity contribution is 6.01. The van der Waals surface area contributed by atoms with Gasteiger partial charge in [0.1, 0.15) is 30.0 Å². The first-order valence-corrected chi connectivity index (χ1v) is 26.2. The van der Waals surface area contributed by atoms with Crippen LogP contribution < -0.4 is 20.4 Å². The van der Waals surface area contributed by atoms with E-state index in [4.69, 9.17) is 42.7 Å². The molecule has 0 saturated carbocycles. The van der Waals surface area contributed by atoms with Crippen molar-refractivity contribution >= 4 is 11.7 Å². The van der Waals surface area contributed by atoms with Crippen LogP contribution in [0.25, 0.3) is 0 Å². The highest BCUT2D eigenvalue weighted by Gasteiger charge is 2.53. The predicted octanol–water partition coefficient (Wildman–Crippen LogP) is 2.75. The molecule has 7 rings (SSSR count). The van der Waals surface area contributed by atoms with Crippen LogP contribution in [0.1, 0.15) is 113 Å². The van der Waals surface area contributed by atoms with E-state index in [2.05, 4.69) is 21.0 Å². The largest absolute Gasteiger partial charge is 0.459 e. The van der Waals surface area contributed by atoms with Gasteiger partial charge in [-0.2, -0.15) is 0 Å². The minimum Gasteiger partial charge on any atom is -0.459 e. The molecule has 1 aromatic carbocycles. The Balaban J connectivity index is 1.08. The molecule has 3 saturated heterocycles. The third-order valence-electron chi connectivity index (χ3n) is 16.4. The van der Waals surface area contributed by atoms with Crippen molar-refractivity contribution in [1.29, 1.82) is 0 Å². The molecule has 0 aliphatic carbocycles. The number of nitrogens with zero attached hydrogens (tertiary/aromatic N) is 4. The van der Waals surface area contributed by atoms with Crippen molar-refractivity contribution < 1.29 is 73.1 Å². The van der Waals surface area contributed by atoms with Crippen LogP contribution in [-0.2, 0) is 38.1 Å². The van der Waals surface area contributed by atoms with E-state index in [1.165, 1.54) is 14.0 Å². The van der Waals surface area contributed by atoms with Gasteiger partial charge in [0.15, 0.2) is 30.2 Å². The number of oxime groups is 1. The predicted molar refractivity (Wildman–Crippen MR) is 267 cm³/mol. The third kappa shape index (κ3) is 12.9. The van der Waals surface area contributed by atoms with Gasteiger partial charge in [-0.3, -0.25) is 9.80 Å². The summed E-state index contributed by atoms with van der Waals surface area (Å²) in [6.45, 7) is 19.3. The van der Waals surface area contributed by atoms with E-state index >= 15 is 0 Å². The molecule has 7 N–H and O–H groups in total. The highest BCUT2D eigenvalue weighted by atomic mass is 16.7. The first-order chi connectivity index (χ1) is 34.3. The second kappa shape index (κ2) is 23.4. The number of rotatable bonds is 13. The third-order valence-corrected chi connectivity index (χ3v) is 16.4. The maximum atomic E-state index is 14.5. The SMILES string of the molecule is CC[C@H]1OC(=O)[C@H](C)[C@@H](O[C@H]2C[C@@](C)(OC)[C@@H](O)[C@H](C)O2)[C@H](C)[C@@H](O[C@@H]2O[C@H](C)C[C@H](N(C)CCC3=CN(C[C@H]4CC(c5ccc6c(c5)OCO6)=NO4)NN3)[C@H]2O)[C@](C)(O)C[C@@H](C)CN(C)[C@H](C)[C@@H](O)[C@]1(C)O. The number of likely N-dealkylation sites (N-methyl/N-ethyl adjacent to an activating group) is 2. The van der Waals surface area contributed by atoms with Gasteiger partial charge in [0.25, 0.3) is 0 Å². The van der Waals surface area contributed by atoms with Crippen molar-refractivity contribution in [2.45, 2.75) is 204 Å². The van der Waals surface area contributed by atoms with Crippen molar-refractivity contribution in [2.75, 3.05) is 47.6 Å². The molecule has 3 fully saturated rings. The lowest BCUT2D eigenvalue weighted by atomic mass is 9.77. The summed E-state index contributed by atoms with van der Waals surface area (Å²) in [4.78, 5) is 24.3. The van der Waals surface area contributed by atoms with Gasteiger partial charge in [-0.05, 0) is 106 Å². The summed E-state index contributed by atoms with van der Waals surface area (Å²) < 4.78 is 49.4. The number of cyclic esters (lactones) is 1. The summed E-state index contributed by atoms with van der Waals surface area (Å²) in [7, 11) is 5.31. The first-order valence-electron chi connectivity index (χ1n) is 26.2. The quantitative estimate of drug-likeness (QED) is 0.140. The zero-order valence-electron chi connectivity index (χ0n) is 45.2. The smallest absolute Gasteiger partial charge is 0.311 e. The molecular weight excluding hydrogens is 949 g/mol. The number of fused-ring (bicyclic) bond motifs is 1. The fourth-order valence-corrected chi connectivity index (χ4v) is 11.7. The van der Waals surface area contributed by atoms with Crippen LogP contribution in [0.3, 0.4) is 0 Å². The van der Waals surface area contributed by atoms with Crippen molar-refractivity contribution in [3.05, 3.63) is 35.7 Å². The number of carbonyl (C=O) groups is 1. The fourth-order valence-electron chi connectivity index (χ4n) is 11.7. The molecule has 6 heterocycles. The molecule has 0 unspecified atom stereocenters. The second-order valence-corrected chi connectivity index (χ2v) is 22.5. The van der Waals surface area contributed by atoms with Gasteiger partial charge in [-0.25, -0.2) is 0 Å². The average molecular weight is 1040 g/mol. The monoisotopic (exact) mass is 1030 g/mol. The van der Waals surface area contributed by atoms with Gasteiger partial charge >= 0.3 is 5.97 Å². The van der Waals surface area contributed by atoms with Crippen LogP contribution in [0.2, 0.25) is 0 Å². The summed E-state index contributed by atoms with van der Waals surface area (Å²) in [5, 5.41) is 66.1. The Bertz CT molecular complexity index is 2080. The number of ether oxygens (including phenoxy) is 8. The Morgan fingerprint density at radius 2 is 1.70 bits per heavy atom. The van der Waals surface area contributed by atoms with Crippen molar-refractivity contribution in [1.82, 2.24) is 25.8 Å². The van der Waals surface area contributed by atoms with Gasteiger partial charge < -0.3 is 83.5 Å². The van der Waals surface area contributed by atoms with Crippen molar-refractivity contribution in [2.24, 2.45) is 22.9 Å². The topological polar surface area (TPSA) is 247 Å². The van der Waals surface area contributed by atoms with Crippen LogP contribution in [0.5, 0.6) is 11.5 Å². The van der Waals surface area contributed by atoms with E-state index in [9.17, 15) is 30.3 Å². The minimum absolute atomic E-state index is 0.103. The van der Waals surface area contributed by atoms with E-state index in [-0.39, 0.29) is 44.2 Å². The Morgan fingerprint density at radius 3 is 2.41 bits per heavy atom. The molecule has 0 bridgehead atoms. The number of carbonyl (C=O) groups excluding carboxylic acids is 1. The molecule has 414 valence electrons. The van der Waals surface area contributed by atoms with Crippen molar-refractivity contribution in [3.8, 4) is 11.5 Å². The molecule has 21 nitrogen and oxygen atoms in total. The van der Waals surface area contributed by atoms with E-state index in [1.54, 1.807) is 41.5 Å². The van der Waals surface area contributed by atoms with Crippen LogP contribution in [0, 0.1) is 17.8 Å². The summed E-state index contributed by atoms with van der Waals surface area (Å²) >= 11 is 0. The molecular formula is C52H86N6O15. The number of aliphatic hydroxyl groups is 5. The second-order valence-electron chi connectivity index (χ2n) is 22.5. The molecule has 0 spiro atoms. The van der Waals surface area contributed by atoms with Gasteiger partial charge in [0, 0.05) is 74.9 Å². The van der Waals surface area contributed by atoms with Gasteiger partial charge in [-0.1, -0.05) is 25.9 Å². The molecule has 0 amide bonds. The summed E-state index contributed by atoms with van der Waals surface area (Å²) in [5.74, 6) is -1.36. The first kappa shape index (κ1) is 57.3. The van der Waals surface area contributed by atoms with Gasteiger partial charge in [0.2, 0.25) is 6.79 Å². The molecule has 19 atom stereocenters. The lowest BCUT2D eigenvalue weighted by Gasteiger charge is -2.49. The molecule has 6 aliphatic heterocycles. The Hall–Kier alpha value is -3.42. The number of hydrazine groups is 2. The fraction of sp³-hybridized carbons (Fsp3) is 0.808. The summed E-state index contributed by atoms with van der Waals surface area (Å²) in [6, 6.07) is 4.78. The summed E-state index contributed by atoms with van der Waals surface area (Å²) in [6.07, 6.45) is -5.93. The molecule has 0 radical (unpaired) electrons. The maximum Gasteiger partial charge on any atom is 0.311 e. The lowest BCUT2D eigenvalue weighted by Crippen LogP contribution is -2.61. The van der Waals surface area contributed by atoms with E-state index in [0.717, 1.165) is 17.0 Å². The number of nitrogens with one attached hydrogen (secondary N) is 2. The average Bonchev–Trinajstić information content (AvgIpc) is 4.13. The van der Waals surface area contributed by atoms with Crippen LogP contribution in [0.4, 0.5) is 0 Å². The molecule has 6 aliphatic rings. The Labute approximate surface area is 431 Å². The minimum atomic E-state index is -1.84. The number of esters is 1. The van der Waals surface area contributed by atoms with E-state index in [0.29, 0.717) is 50.4 Å². The zero-order valence-corrected chi connectivity index (χ0v) is 45.2. The standard InChI is InChI=1S/C52H86N6O15/c1-14-41-52(10,64)45(60)32(6)57(12)24-28(2)22-50(8,63)47(30(4)44(31(5)48(62)70-41)71-42-23-51(9,65-13)46(61)33(7)69-42)72-49-43(59)38(19-29(3)68-49)56(11)18-17-35-25-58(55-53-35)26-36-21-37(54-73-36)34-15-16-39-40(20-34)67-27-66-39/h15-16,20,25,28-33,36,38,41-47,49,53,55,59-61,63-64H,14,17-19,21-24,26-27H2,1-13H3/t28-,29-,30+,31-,32-,33+,36-,38+,41-,42+,43-,44+,45-,46+,47-,49+,50-,51-,52-/m1/s1. The van der Waals surface area contributed by atoms with Gasteiger partial charge in [0.05, 0.1) is 53.8 Å². The summed E-state index contributed by atoms with van der Waals surface area (Å²) in [5.41, 5.74) is 4.66. The molecule has 1 aromatic rings. The number of hydrogen-bond donors (Lipinski definition) is 7.